The van der Waals surface area contributed by atoms with Crippen LogP contribution in [-0.4, -0.2) is 15.7 Å². The summed E-state index contributed by atoms with van der Waals surface area (Å²) < 4.78 is 7.34. The van der Waals surface area contributed by atoms with Gasteiger partial charge in [-0.05, 0) is 23.8 Å². The van der Waals surface area contributed by atoms with Crippen LogP contribution in [-0.2, 0) is 18.3 Å². The Morgan fingerprint density at radius 2 is 1.66 bits per heavy atom. The van der Waals surface area contributed by atoms with Crippen LogP contribution in [0.15, 0.2) is 94.1 Å². The van der Waals surface area contributed by atoms with Gasteiger partial charge in [0.15, 0.2) is 0 Å². The molecule has 6 nitrogen and oxygen atoms in total. The summed E-state index contributed by atoms with van der Waals surface area (Å²) in [7, 11) is 1.59. The van der Waals surface area contributed by atoms with Crippen molar-refractivity contribution in [2.75, 3.05) is 0 Å². The van der Waals surface area contributed by atoms with E-state index in [9.17, 15) is 9.59 Å². The van der Waals surface area contributed by atoms with E-state index >= 15 is 0 Å². The number of para-hydroxylation sites is 1. The summed E-state index contributed by atoms with van der Waals surface area (Å²) in [5.41, 5.74) is 2.05. The summed E-state index contributed by atoms with van der Waals surface area (Å²) in [6, 6.07) is 26.2. The van der Waals surface area contributed by atoms with Crippen LogP contribution in [0.3, 0.4) is 0 Å². The molecule has 0 aliphatic rings. The van der Waals surface area contributed by atoms with Crippen molar-refractivity contribution in [3.05, 3.63) is 112 Å². The van der Waals surface area contributed by atoms with Gasteiger partial charge in [0, 0.05) is 17.8 Å². The average Bonchev–Trinajstić information content (AvgIpc) is 3.25. The Labute approximate surface area is 184 Å². The quantitative estimate of drug-likeness (QED) is 0.461. The van der Waals surface area contributed by atoms with Crippen LogP contribution in [0.25, 0.3) is 21.7 Å². The predicted molar refractivity (Wildman–Crippen MR) is 123 cm³/mol. The van der Waals surface area contributed by atoms with E-state index in [1.165, 1.54) is 4.68 Å². The molecule has 3 aromatic carbocycles. The largest absolute Gasteiger partial charge is 0.459 e. The molecular formula is C26H21N3O3. The number of aryl methyl sites for hydroxylation is 1. The van der Waals surface area contributed by atoms with Gasteiger partial charge in [0.05, 0.1) is 17.5 Å². The first-order chi connectivity index (χ1) is 15.6. The molecule has 5 rings (SSSR count). The summed E-state index contributed by atoms with van der Waals surface area (Å²) in [4.78, 5) is 25.5. The zero-order valence-corrected chi connectivity index (χ0v) is 17.5. The smallest absolute Gasteiger partial charge is 0.274 e. The predicted octanol–water partition coefficient (Wildman–Crippen LogP) is 4.13. The fourth-order valence-electron chi connectivity index (χ4n) is 3.98. The zero-order valence-electron chi connectivity index (χ0n) is 17.5. The molecular weight excluding hydrogens is 402 g/mol. The van der Waals surface area contributed by atoms with E-state index in [0.717, 1.165) is 16.5 Å². The van der Waals surface area contributed by atoms with Gasteiger partial charge in [0.1, 0.15) is 17.4 Å². The molecule has 1 N–H and O–H groups in total. The number of furan rings is 1. The third kappa shape index (κ3) is 3.67. The summed E-state index contributed by atoms with van der Waals surface area (Å²) in [5.74, 6) is 0.444. The van der Waals surface area contributed by atoms with Gasteiger partial charge in [-0.3, -0.25) is 9.59 Å². The minimum absolute atomic E-state index is 0.0399. The van der Waals surface area contributed by atoms with Crippen molar-refractivity contribution in [1.82, 2.24) is 15.1 Å². The van der Waals surface area contributed by atoms with Gasteiger partial charge in [-0.25, -0.2) is 4.68 Å². The van der Waals surface area contributed by atoms with Gasteiger partial charge in [-0.15, -0.1) is 0 Å². The molecule has 0 aliphatic heterocycles. The number of nitrogens with zero attached hydrogens (tertiary/aromatic N) is 2. The van der Waals surface area contributed by atoms with Crippen LogP contribution in [0.2, 0.25) is 0 Å². The Hall–Kier alpha value is -4.19. The van der Waals surface area contributed by atoms with Crippen LogP contribution < -0.4 is 10.9 Å². The molecule has 1 amide bonds. The third-order valence-electron chi connectivity index (χ3n) is 5.53. The van der Waals surface area contributed by atoms with Gasteiger partial charge < -0.3 is 9.73 Å². The Balaban J connectivity index is 1.50. The summed E-state index contributed by atoms with van der Waals surface area (Å²) in [5, 5.41) is 9.65. The molecule has 2 aromatic heterocycles. The maximum atomic E-state index is 13.1. The third-order valence-corrected chi connectivity index (χ3v) is 5.53. The Bertz CT molecular complexity index is 1450. The number of fused-ring (bicyclic) bond motifs is 2. The molecule has 0 saturated carbocycles. The van der Waals surface area contributed by atoms with Gasteiger partial charge in [-0.2, -0.15) is 5.10 Å². The number of carbonyl (C=O) groups excluding carboxylic acids is 1. The molecule has 0 fully saturated rings. The molecule has 0 radical (unpaired) electrons. The Morgan fingerprint density at radius 3 is 2.44 bits per heavy atom. The van der Waals surface area contributed by atoms with Crippen molar-refractivity contribution in [1.29, 1.82) is 0 Å². The molecule has 1 atom stereocenters. The highest BCUT2D eigenvalue weighted by atomic mass is 16.3. The second-order valence-electron chi connectivity index (χ2n) is 7.70. The monoisotopic (exact) mass is 423 g/mol. The highest BCUT2D eigenvalue weighted by molar-refractivity contribution is 5.88. The van der Waals surface area contributed by atoms with Crippen molar-refractivity contribution in [3.63, 3.8) is 0 Å². The van der Waals surface area contributed by atoms with Crippen LogP contribution in [0.4, 0.5) is 0 Å². The number of carbonyl (C=O) groups is 1. The first-order valence-corrected chi connectivity index (χ1v) is 10.4. The van der Waals surface area contributed by atoms with E-state index < -0.39 is 6.04 Å². The number of aromatic nitrogens is 2. The maximum absolute atomic E-state index is 13.1. The lowest BCUT2D eigenvalue weighted by Gasteiger charge is -2.17. The molecule has 32 heavy (non-hydrogen) atoms. The van der Waals surface area contributed by atoms with Crippen molar-refractivity contribution in [3.8, 4) is 0 Å². The van der Waals surface area contributed by atoms with E-state index in [2.05, 4.69) is 10.4 Å². The minimum Gasteiger partial charge on any atom is -0.459 e. The zero-order chi connectivity index (χ0) is 22.1. The van der Waals surface area contributed by atoms with Crippen molar-refractivity contribution >= 4 is 27.6 Å². The van der Waals surface area contributed by atoms with E-state index in [0.29, 0.717) is 22.2 Å². The molecule has 1 unspecified atom stereocenters. The van der Waals surface area contributed by atoms with Crippen LogP contribution in [0.1, 0.15) is 23.1 Å². The molecule has 0 bridgehead atoms. The normalized spacial score (nSPS) is 12.2. The summed E-state index contributed by atoms with van der Waals surface area (Å²) >= 11 is 0. The lowest BCUT2D eigenvalue weighted by Crippen LogP contribution is -2.31. The first kappa shape index (κ1) is 19.8. The van der Waals surface area contributed by atoms with Gasteiger partial charge >= 0.3 is 0 Å². The van der Waals surface area contributed by atoms with Crippen LogP contribution >= 0.6 is 0 Å². The van der Waals surface area contributed by atoms with Gasteiger partial charge in [0.2, 0.25) is 5.91 Å². The average molecular weight is 423 g/mol. The van der Waals surface area contributed by atoms with Crippen molar-refractivity contribution in [2.24, 2.45) is 7.05 Å². The number of nitrogens with one attached hydrogen (secondary N) is 1. The topological polar surface area (TPSA) is 77.1 Å². The van der Waals surface area contributed by atoms with Crippen LogP contribution in [0, 0.1) is 0 Å². The Kier molecular flexibility index (Phi) is 5.03. The number of amides is 1. The number of hydrogen-bond acceptors (Lipinski definition) is 4. The highest BCUT2D eigenvalue weighted by Gasteiger charge is 2.22. The van der Waals surface area contributed by atoms with Gasteiger partial charge in [-0.1, -0.05) is 66.7 Å². The van der Waals surface area contributed by atoms with E-state index in [1.54, 1.807) is 19.2 Å². The maximum Gasteiger partial charge on any atom is 0.274 e. The number of hydrogen-bond donors (Lipinski definition) is 1. The lowest BCUT2D eigenvalue weighted by atomic mass is 10.0. The first-order valence-electron chi connectivity index (χ1n) is 10.4. The second-order valence-corrected chi connectivity index (χ2v) is 7.70. The van der Waals surface area contributed by atoms with E-state index in [4.69, 9.17) is 4.42 Å². The summed E-state index contributed by atoms with van der Waals surface area (Å²) in [6.45, 7) is 0. The molecule has 2 heterocycles. The standard InChI is InChI=1S/C26H21N3O3/c1-29-26(31)20-13-7-6-12-19(20)21(28-29)16-24(30)27-25(17-9-3-2-4-10-17)23-15-18-11-5-8-14-22(18)32-23/h2-15,25H,16H2,1H3,(H,27,30). The molecule has 0 saturated heterocycles. The SMILES string of the molecule is Cn1nc(CC(=O)NC(c2ccccc2)c2cc3ccccc3o2)c2ccccc2c1=O. The van der Waals surface area contributed by atoms with E-state index in [-0.39, 0.29) is 17.9 Å². The Morgan fingerprint density at radius 1 is 0.969 bits per heavy atom. The van der Waals surface area contributed by atoms with E-state index in [1.807, 2.05) is 72.8 Å². The molecule has 0 aliphatic carbocycles. The molecule has 0 spiro atoms. The molecule has 5 aromatic rings. The highest BCUT2D eigenvalue weighted by Crippen LogP contribution is 2.28. The summed E-state index contributed by atoms with van der Waals surface area (Å²) in [6.07, 6.45) is 0.0399. The number of rotatable bonds is 5. The molecule has 158 valence electrons. The molecule has 6 heteroatoms. The minimum atomic E-state index is -0.449. The van der Waals surface area contributed by atoms with Crippen LogP contribution in [0.5, 0.6) is 0 Å². The fourth-order valence-corrected chi connectivity index (χ4v) is 3.98. The van der Waals surface area contributed by atoms with Gasteiger partial charge in [0.25, 0.3) is 5.56 Å². The second kappa shape index (κ2) is 8.15. The van der Waals surface area contributed by atoms with Crippen molar-refractivity contribution in [2.45, 2.75) is 12.5 Å². The fraction of sp³-hybridized carbons (Fsp3) is 0.115. The van der Waals surface area contributed by atoms with Crippen molar-refractivity contribution < 1.29 is 9.21 Å². The number of benzene rings is 3. The lowest BCUT2D eigenvalue weighted by molar-refractivity contribution is -0.121.